The Kier molecular flexibility index (Phi) is 4.54. The molecule has 0 aliphatic carbocycles. The molecule has 0 spiro atoms. The Hall–Kier alpha value is -1.07. The number of ether oxygens (including phenoxy) is 1. The quantitative estimate of drug-likeness (QED) is 0.878. The SMILES string of the molecule is CC[C@H](C)NS(=O)(=O)c1ccc(OC)c(C)c1. The Labute approximate surface area is 103 Å². The molecule has 96 valence electrons. The average Bonchev–Trinajstić information content (AvgIpc) is 2.28. The first-order chi connectivity index (χ1) is 7.90. The second-order valence-corrected chi connectivity index (χ2v) is 5.78. The van der Waals surface area contributed by atoms with Crippen LogP contribution in [0.15, 0.2) is 23.1 Å². The van der Waals surface area contributed by atoms with Gasteiger partial charge < -0.3 is 4.74 Å². The fraction of sp³-hybridized carbons (Fsp3) is 0.500. The predicted octanol–water partition coefficient (Wildman–Crippen LogP) is 2.08. The molecule has 0 aliphatic rings. The van der Waals surface area contributed by atoms with E-state index in [0.29, 0.717) is 5.75 Å². The van der Waals surface area contributed by atoms with E-state index in [1.165, 1.54) is 0 Å². The van der Waals surface area contributed by atoms with E-state index in [9.17, 15) is 8.42 Å². The third-order valence-electron chi connectivity index (χ3n) is 2.65. The van der Waals surface area contributed by atoms with Crippen LogP contribution in [0.1, 0.15) is 25.8 Å². The summed E-state index contributed by atoms with van der Waals surface area (Å²) in [4.78, 5) is 0.274. The normalized spacial score (nSPS) is 13.4. The van der Waals surface area contributed by atoms with E-state index >= 15 is 0 Å². The van der Waals surface area contributed by atoms with Crippen LogP contribution in [0.4, 0.5) is 0 Å². The Bertz CT molecular complexity index is 483. The van der Waals surface area contributed by atoms with Crippen LogP contribution in [0.3, 0.4) is 0 Å². The minimum Gasteiger partial charge on any atom is -0.496 e. The van der Waals surface area contributed by atoms with Gasteiger partial charge in [0.2, 0.25) is 10.0 Å². The zero-order valence-electron chi connectivity index (χ0n) is 10.6. The Morgan fingerprint density at radius 1 is 1.41 bits per heavy atom. The fourth-order valence-corrected chi connectivity index (χ4v) is 2.85. The predicted molar refractivity (Wildman–Crippen MR) is 67.8 cm³/mol. The van der Waals surface area contributed by atoms with Crippen LogP contribution in [0.5, 0.6) is 5.75 Å². The maximum atomic E-state index is 12.0. The summed E-state index contributed by atoms with van der Waals surface area (Å²) in [6, 6.07) is 4.77. The van der Waals surface area contributed by atoms with E-state index in [1.807, 2.05) is 20.8 Å². The number of rotatable bonds is 5. The van der Waals surface area contributed by atoms with Crippen molar-refractivity contribution in [1.82, 2.24) is 4.72 Å². The lowest BCUT2D eigenvalue weighted by atomic mass is 10.2. The highest BCUT2D eigenvalue weighted by Crippen LogP contribution is 2.21. The third kappa shape index (κ3) is 3.44. The van der Waals surface area contributed by atoms with Crippen molar-refractivity contribution in [2.24, 2.45) is 0 Å². The molecule has 0 radical (unpaired) electrons. The van der Waals surface area contributed by atoms with Crippen LogP contribution in [0.2, 0.25) is 0 Å². The molecule has 0 saturated heterocycles. The second-order valence-electron chi connectivity index (χ2n) is 4.06. The Morgan fingerprint density at radius 3 is 2.53 bits per heavy atom. The lowest BCUT2D eigenvalue weighted by Crippen LogP contribution is -2.32. The number of aryl methyl sites for hydroxylation is 1. The molecule has 1 N–H and O–H groups in total. The van der Waals surface area contributed by atoms with Crippen LogP contribution in [0.25, 0.3) is 0 Å². The highest BCUT2D eigenvalue weighted by atomic mass is 32.2. The number of hydrogen-bond acceptors (Lipinski definition) is 3. The van der Waals surface area contributed by atoms with Gasteiger partial charge in [0.25, 0.3) is 0 Å². The molecule has 0 bridgehead atoms. The van der Waals surface area contributed by atoms with E-state index in [2.05, 4.69) is 4.72 Å². The van der Waals surface area contributed by atoms with Crippen LogP contribution in [-0.2, 0) is 10.0 Å². The molecule has 0 unspecified atom stereocenters. The monoisotopic (exact) mass is 257 g/mol. The second kappa shape index (κ2) is 5.51. The number of methoxy groups -OCH3 is 1. The molecule has 5 heteroatoms. The van der Waals surface area contributed by atoms with Gasteiger partial charge in [-0.3, -0.25) is 0 Å². The van der Waals surface area contributed by atoms with Gasteiger partial charge in [-0.2, -0.15) is 0 Å². The van der Waals surface area contributed by atoms with Crippen LogP contribution >= 0.6 is 0 Å². The highest BCUT2D eigenvalue weighted by molar-refractivity contribution is 7.89. The molecule has 4 nitrogen and oxygen atoms in total. The van der Waals surface area contributed by atoms with Crippen molar-refractivity contribution in [3.63, 3.8) is 0 Å². The van der Waals surface area contributed by atoms with Crippen molar-refractivity contribution in [3.8, 4) is 5.75 Å². The van der Waals surface area contributed by atoms with Gasteiger partial charge in [0.15, 0.2) is 0 Å². The maximum Gasteiger partial charge on any atom is 0.240 e. The minimum absolute atomic E-state index is 0.0672. The molecular formula is C12H19NO3S. The van der Waals surface area contributed by atoms with Gasteiger partial charge >= 0.3 is 0 Å². The topological polar surface area (TPSA) is 55.4 Å². The summed E-state index contributed by atoms with van der Waals surface area (Å²) >= 11 is 0. The molecule has 1 rings (SSSR count). The van der Waals surface area contributed by atoms with E-state index in [4.69, 9.17) is 4.74 Å². The lowest BCUT2D eigenvalue weighted by molar-refractivity contribution is 0.411. The van der Waals surface area contributed by atoms with Gasteiger partial charge in [-0.25, -0.2) is 13.1 Å². The standard InChI is InChI=1S/C12H19NO3S/c1-5-10(3)13-17(14,15)11-6-7-12(16-4)9(2)8-11/h6-8,10,13H,5H2,1-4H3/t10-/m0/s1. The molecule has 0 saturated carbocycles. The molecule has 0 aromatic heterocycles. The molecule has 1 aromatic carbocycles. The fourth-order valence-electron chi connectivity index (χ4n) is 1.43. The van der Waals surface area contributed by atoms with Crippen molar-refractivity contribution < 1.29 is 13.2 Å². The molecule has 1 aromatic rings. The average molecular weight is 257 g/mol. The summed E-state index contributed by atoms with van der Waals surface area (Å²) in [6.07, 6.45) is 0.758. The number of benzene rings is 1. The summed E-state index contributed by atoms with van der Waals surface area (Å²) < 4.78 is 31.7. The summed E-state index contributed by atoms with van der Waals surface area (Å²) in [6.45, 7) is 5.60. The largest absolute Gasteiger partial charge is 0.496 e. The number of sulfonamides is 1. The van der Waals surface area contributed by atoms with E-state index in [1.54, 1.807) is 25.3 Å². The van der Waals surface area contributed by atoms with Gasteiger partial charge in [-0.05, 0) is 44.0 Å². The zero-order valence-corrected chi connectivity index (χ0v) is 11.5. The summed E-state index contributed by atoms with van der Waals surface area (Å²) in [5.74, 6) is 0.687. The van der Waals surface area contributed by atoms with E-state index in [-0.39, 0.29) is 10.9 Å². The van der Waals surface area contributed by atoms with Crippen LogP contribution in [-0.4, -0.2) is 21.6 Å². The first-order valence-electron chi connectivity index (χ1n) is 5.57. The van der Waals surface area contributed by atoms with Crippen LogP contribution in [0, 0.1) is 6.92 Å². The summed E-state index contributed by atoms with van der Waals surface area (Å²) in [7, 11) is -1.86. The van der Waals surface area contributed by atoms with Crippen LogP contribution < -0.4 is 9.46 Å². The molecule has 0 heterocycles. The molecular weight excluding hydrogens is 238 g/mol. The highest BCUT2D eigenvalue weighted by Gasteiger charge is 2.17. The van der Waals surface area contributed by atoms with Gasteiger partial charge in [-0.15, -0.1) is 0 Å². The summed E-state index contributed by atoms with van der Waals surface area (Å²) in [5.41, 5.74) is 0.805. The lowest BCUT2D eigenvalue weighted by Gasteiger charge is -2.13. The molecule has 0 aliphatic heterocycles. The molecule has 0 amide bonds. The van der Waals surface area contributed by atoms with Crippen molar-refractivity contribution in [2.45, 2.75) is 38.1 Å². The molecule has 0 fully saturated rings. The van der Waals surface area contributed by atoms with Crippen molar-refractivity contribution in [3.05, 3.63) is 23.8 Å². The summed E-state index contributed by atoms with van der Waals surface area (Å²) in [5, 5.41) is 0. The zero-order chi connectivity index (χ0) is 13.1. The first kappa shape index (κ1) is 14.0. The van der Waals surface area contributed by atoms with E-state index in [0.717, 1.165) is 12.0 Å². The molecule has 17 heavy (non-hydrogen) atoms. The molecule has 1 atom stereocenters. The van der Waals surface area contributed by atoms with Gasteiger partial charge in [0, 0.05) is 6.04 Å². The number of hydrogen-bond donors (Lipinski definition) is 1. The van der Waals surface area contributed by atoms with E-state index < -0.39 is 10.0 Å². The minimum atomic E-state index is -3.42. The smallest absolute Gasteiger partial charge is 0.240 e. The van der Waals surface area contributed by atoms with Gasteiger partial charge in [-0.1, -0.05) is 6.92 Å². The third-order valence-corrected chi connectivity index (χ3v) is 4.23. The van der Waals surface area contributed by atoms with Crippen molar-refractivity contribution in [2.75, 3.05) is 7.11 Å². The first-order valence-corrected chi connectivity index (χ1v) is 7.06. The Balaban J connectivity index is 3.04. The number of nitrogens with one attached hydrogen (secondary N) is 1. The van der Waals surface area contributed by atoms with Gasteiger partial charge in [0.05, 0.1) is 12.0 Å². The van der Waals surface area contributed by atoms with Gasteiger partial charge in [0.1, 0.15) is 5.75 Å². The Morgan fingerprint density at radius 2 is 2.06 bits per heavy atom. The van der Waals surface area contributed by atoms with Crippen molar-refractivity contribution >= 4 is 10.0 Å². The van der Waals surface area contributed by atoms with Crippen molar-refractivity contribution in [1.29, 1.82) is 0 Å². The maximum absolute atomic E-state index is 12.0.